The Morgan fingerprint density at radius 2 is 1.88 bits per heavy atom. The van der Waals surface area contributed by atoms with E-state index in [1.807, 2.05) is 12.2 Å². The molecule has 0 saturated heterocycles. The number of amides is 1. The van der Waals surface area contributed by atoms with Crippen LogP contribution in [0, 0.1) is 5.82 Å². The fourth-order valence-electron chi connectivity index (χ4n) is 3.01. The van der Waals surface area contributed by atoms with Crippen LogP contribution in [0.3, 0.4) is 0 Å². The Hall–Kier alpha value is -2.72. The second-order valence-electron chi connectivity index (χ2n) is 6.49. The Balaban J connectivity index is 1.99. The summed E-state index contributed by atoms with van der Waals surface area (Å²) < 4.78 is 13.6. The Labute approximate surface area is 146 Å². The van der Waals surface area contributed by atoms with Gasteiger partial charge in [0.2, 0.25) is 5.91 Å². The monoisotopic (exact) mass is 337 g/mol. The van der Waals surface area contributed by atoms with Gasteiger partial charge >= 0.3 is 0 Å². The summed E-state index contributed by atoms with van der Waals surface area (Å²) in [7, 11) is 0. The molecule has 2 aromatic rings. The van der Waals surface area contributed by atoms with E-state index in [0.29, 0.717) is 17.1 Å². The summed E-state index contributed by atoms with van der Waals surface area (Å²) in [5, 5.41) is 8.75. The molecule has 128 valence electrons. The summed E-state index contributed by atoms with van der Waals surface area (Å²) in [6.45, 7) is 4.30. The van der Waals surface area contributed by atoms with Gasteiger partial charge in [0.25, 0.3) is 0 Å². The summed E-state index contributed by atoms with van der Waals surface area (Å²) in [6, 6.07) is 12.9. The van der Waals surface area contributed by atoms with Crippen molar-refractivity contribution in [2.75, 3.05) is 0 Å². The molecule has 3 rings (SSSR count). The number of fused-ring (bicyclic) bond motifs is 1. The number of hydroxylamine groups is 1. The van der Waals surface area contributed by atoms with Crippen LogP contribution in [0.2, 0.25) is 0 Å². The van der Waals surface area contributed by atoms with E-state index >= 15 is 0 Å². The molecule has 0 spiro atoms. The number of hydrogen-bond acceptors (Lipinski definition) is 2. The Kier molecular flexibility index (Phi) is 4.81. The summed E-state index contributed by atoms with van der Waals surface area (Å²) in [4.78, 5) is 11.5. The molecule has 4 heteroatoms. The fourth-order valence-corrected chi connectivity index (χ4v) is 3.01. The third kappa shape index (κ3) is 3.69. The molecule has 1 aliphatic carbocycles. The number of benzene rings is 2. The lowest BCUT2D eigenvalue weighted by Gasteiger charge is -2.06. The largest absolute Gasteiger partial charge is 0.289 e. The van der Waals surface area contributed by atoms with Crippen LogP contribution in [-0.4, -0.2) is 11.1 Å². The number of rotatable bonds is 4. The minimum absolute atomic E-state index is 0.00339. The summed E-state index contributed by atoms with van der Waals surface area (Å²) >= 11 is 0. The first-order valence-electron chi connectivity index (χ1n) is 8.23. The molecule has 1 amide bonds. The van der Waals surface area contributed by atoms with Gasteiger partial charge in [-0.15, -0.1) is 0 Å². The molecule has 1 aliphatic rings. The SMILES string of the molecule is CC(C)c1ccc(/C=C2/C=C(CC(=O)NO)c3cc(F)ccc32)cc1. The van der Waals surface area contributed by atoms with Crippen LogP contribution >= 0.6 is 0 Å². The highest BCUT2D eigenvalue weighted by atomic mass is 19.1. The molecule has 2 N–H and O–H groups in total. The minimum atomic E-state index is -0.524. The zero-order valence-corrected chi connectivity index (χ0v) is 14.2. The second-order valence-corrected chi connectivity index (χ2v) is 6.49. The standard InChI is InChI=1S/C21H20FNO2/c1-13(2)15-5-3-14(4-6-15)9-16-10-17(11-21(24)23-25)20-12-18(22)7-8-19(16)20/h3-10,12-13,25H,11H2,1-2H3,(H,23,24)/b16-9-. The van der Waals surface area contributed by atoms with E-state index < -0.39 is 5.91 Å². The van der Waals surface area contributed by atoms with Crippen molar-refractivity contribution >= 4 is 23.1 Å². The van der Waals surface area contributed by atoms with Crippen molar-refractivity contribution in [1.29, 1.82) is 0 Å². The van der Waals surface area contributed by atoms with Crippen LogP contribution in [-0.2, 0) is 4.79 Å². The quantitative estimate of drug-likeness (QED) is 0.623. The third-order valence-corrected chi connectivity index (χ3v) is 4.37. The van der Waals surface area contributed by atoms with Gasteiger partial charge in [-0.2, -0.15) is 0 Å². The summed E-state index contributed by atoms with van der Waals surface area (Å²) in [5.74, 6) is -0.402. The van der Waals surface area contributed by atoms with Crippen molar-refractivity contribution in [3.05, 3.63) is 76.6 Å². The van der Waals surface area contributed by atoms with Crippen molar-refractivity contribution in [3.63, 3.8) is 0 Å². The maximum absolute atomic E-state index is 13.6. The molecule has 25 heavy (non-hydrogen) atoms. The van der Waals surface area contributed by atoms with Gasteiger partial charge in [0.1, 0.15) is 5.82 Å². The van der Waals surface area contributed by atoms with Crippen LogP contribution in [0.15, 0.2) is 48.5 Å². The average molecular weight is 337 g/mol. The number of halogens is 1. The van der Waals surface area contributed by atoms with Crippen molar-refractivity contribution in [1.82, 2.24) is 5.48 Å². The Morgan fingerprint density at radius 3 is 2.52 bits per heavy atom. The van der Waals surface area contributed by atoms with Gasteiger partial charge in [0.05, 0.1) is 6.42 Å². The predicted molar refractivity (Wildman–Crippen MR) is 97.3 cm³/mol. The maximum atomic E-state index is 13.6. The molecule has 2 aromatic carbocycles. The molecule has 0 fully saturated rings. The molecule has 0 bridgehead atoms. The number of allylic oxidation sites excluding steroid dienone is 2. The smallest absolute Gasteiger partial charge is 0.247 e. The minimum Gasteiger partial charge on any atom is -0.289 e. The van der Waals surface area contributed by atoms with Crippen LogP contribution in [0.5, 0.6) is 0 Å². The molecule has 3 nitrogen and oxygen atoms in total. The highest BCUT2D eigenvalue weighted by Gasteiger charge is 2.21. The third-order valence-electron chi connectivity index (χ3n) is 4.37. The molecule has 0 atom stereocenters. The van der Waals surface area contributed by atoms with Crippen molar-refractivity contribution < 1.29 is 14.4 Å². The number of nitrogens with one attached hydrogen (secondary N) is 1. The molecule has 0 unspecified atom stereocenters. The van der Waals surface area contributed by atoms with Gasteiger partial charge in [0, 0.05) is 0 Å². The van der Waals surface area contributed by atoms with Crippen molar-refractivity contribution in [2.24, 2.45) is 0 Å². The van der Waals surface area contributed by atoms with E-state index in [0.717, 1.165) is 16.7 Å². The average Bonchev–Trinajstić information content (AvgIpc) is 2.92. The van der Waals surface area contributed by atoms with E-state index in [1.54, 1.807) is 11.5 Å². The first-order chi connectivity index (χ1) is 12.0. The highest BCUT2D eigenvalue weighted by Crippen LogP contribution is 2.38. The second kappa shape index (κ2) is 7.03. The summed E-state index contributed by atoms with van der Waals surface area (Å²) in [6.07, 6.45) is 3.89. The van der Waals surface area contributed by atoms with Gasteiger partial charge in [-0.1, -0.05) is 44.2 Å². The molecular formula is C21H20FNO2. The van der Waals surface area contributed by atoms with Gasteiger partial charge in [-0.05, 0) is 63.6 Å². The van der Waals surface area contributed by atoms with Crippen molar-refractivity contribution in [2.45, 2.75) is 26.2 Å². The Bertz CT molecular complexity index is 864. The van der Waals surface area contributed by atoms with E-state index in [-0.39, 0.29) is 12.2 Å². The number of hydrogen-bond donors (Lipinski definition) is 2. The highest BCUT2D eigenvalue weighted by molar-refractivity contribution is 6.05. The lowest BCUT2D eigenvalue weighted by Crippen LogP contribution is -2.18. The van der Waals surface area contributed by atoms with E-state index in [1.165, 1.54) is 17.7 Å². The topological polar surface area (TPSA) is 49.3 Å². The zero-order valence-electron chi connectivity index (χ0n) is 14.2. The zero-order chi connectivity index (χ0) is 18.0. The van der Waals surface area contributed by atoms with E-state index in [4.69, 9.17) is 5.21 Å². The maximum Gasteiger partial charge on any atom is 0.247 e. The first kappa shape index (κ1) is 17.1. The normalized spacial score (nSPS) is 14.6. The number of carbonyl (C=O) groups is 1. The van der Waals surface area contributed by atoms with Gasteiger partial charge in [-0.3, -0.25) is 10.0 Å². The van der Waals surface area contributed by atoms with Crippen LogP contribution in [0.25, 0.3) is 17.2 Å². The number of carbonyl (C=O) groups excluding carboxylic acids is 1. The van der Waals surface area contributed by atoms with Crippen molar-refractivity contribution in [3.8, 4) is 0 Å². The first-order valence-corrected chi connectivity index (χ1v) is 8.23. The molecule has 0 radical (unpaired) electrons. The van der Waals surface area contributed by atoms with Gasteiger partial charge < -0.3 is 0 Å². The molecule has 0 aliphatic heterocycles. The van der Waals surface area contributed by atoms with Crippen LogP contribution in [0.4, 0.5) is 4.39 Å². The van der Waals surface area contributed by atoms with Gasteiger partial charge in [0.15, 0.2) is 0 Å². The lowest BCUT2D eigenvalue weighted by atomic mass is 9.99. The van der Waals surface area contributed by atoms with E-state index in [9.17, 15) is 9.18 Å². The molecule has 0 aromatic heterocycles. The summed E-state index contributed by atoms with van der Waals surface area (Å²) in [5.41, 5.74) is 7.12. The Morgan fingerprint density at radius 1 is 1.16 bits per heavy atom. The van der Waals surface area contributed by atoms with Gasteiger partial charge in [-0.25, -0.2) is 9.87 Å². The molecule has 0 heterocycles. The molecular weight excluding hydrogens is 317 g/mol. The van der Waals surface area contributed by atoms with Crippen LogP contribution in [0.1, 0.15) is 48.4 Å². The predicted octanol–water partition coefficient (Wildman–Crippen LogP) is 4.78. The van der Waals surface area contributed by atoms with E-state index in [2.05, 4.69) is 38.1 Å². The van der Waals surface area contributed by atoms with Crippen LogP contribution < -0.4 is 5.48 Å². The lowest BCUT2D eigenvalue weighted by molar-refractivity contribution is -0.128. The fraction of sp³-hybridized carbons (Fsp3) is 0.190. The molecule has 0 saturated carbocycles.